The first-order valence-corrected chi connectivity index (χ1v) is 17.8. The van der Waals surface area contributed by atoms with Crippen LogP contribution in [0, 0.1) is 10.2 Å². The number of thioether (sulfide) groups is 1. The zero-order valence-electron chi connectivity index (χ0n) is 25.7. The zero-order chi connectivity index (χ0) is 33.0. The maximum Gasteiger partial charge on any atom is 0.287 e. The number of thiazole rings is 1. The molecule has 1 aliphatic rings. The van der Waals surface area contributed by atoms with Gasteiger partial charge in [-0.3, -0.25) is 0 Å². The van der Waals surface area contributed by atoms with Gasteiger partial charge in [-0.05, 0) is 74.5 Å². The van der Waals surface area contributed by atoms with Gasteiger partial charge >= 0.3 is 0 Å². The highest BCUT2D eigenvalue weighted by Gasteiger charge is 2.25. The van der Waals surface area contributed by atoms with E-state index in [1.807, 2.05) is 11.8 Å². The smallest absolute Gasteiger partial charge is 0.287 e. The molecule has 4 aromatic carbocycles. The molecule has 0 aliphatic carbocycles. The van der Waals surface area contributed by atoms with E-state index in [1.165, 1.54) is 31.3 Å². The summed E-state index contributed by atoms with van der Waals surface area (Å²) >= 11 is 3.58. The van der Waals surface area contributed by atoms with E-state index in [4.69, 9.17) is 23.6 Å². The van der Waals surface area contributed by atoms with E-state index in [-0.39, 0.29) is 0 Å². The number of hydrogen-bond acceptors (Lipinski definition) is 8. The first-order chi connectivity index (χ1) is 22.7. The van der Waals surface area contributed by atoms with Crippen molar-refractivity contribution in [1.29, 1.82) is 0 Å². The van der Waals surface area contributed by atoms with Crippen LogP contribution < -0.4 is 28.1 Å². The van der Waals surface area contributed by atoms with Crippen molar-refractivity contribution in [2.24, 2.45) is 0 Å². The predicted molar refractivity (Wildman–Crippen MR) is 179 cm³/mol. The highest BCUT2D eigenvalue weighted by atomic mass is 35.7. The van der Waals surface area contributed by atoms with Gasteiger partial charge in [-0.1, -0.05) is 72.5 Å². The Morgan fingerprint density at radius 1 is 0.830 bits per heavy atom. The molecule has 0 fully saturated rings. The van der Waals surface area contributed by atoms with Crippen molar-refractivity contribution >= 4 is 56.1 Å². The molecule has 47 heavy (non-hydrogen) atoms. The minimum Gasteiger partial charge on any atom is -0.335 e. The summed E-state index contributed by atoms with van der Waals surface area (Å²) < 4.78 is 39.9. The summed E-state index contributed by atoms with van der Waals surface area (Å²) in [6.45, 7) is 6.22. The summed E-state index contributed by atoms with van der Waals surface area (Å²) in [6.07, 6.45) is 10.9. The van der Waals surface area contributed by atoms with Crippen LogP contribution in [-0.2, 0) is 6.54 Å². The third-order valence-electron chi connectivity index (χ3n) is 7.54. The third-order valence-corrected chi connectivity index (χ3v) is 9.76. The molecule has 11 heteroatoms. The second-order valence-corrected chi connectivity index (χ2v) is 13.3. The van der Waals surface area contributed by atoms with E-state index in [0.29, 0.717) is 0 Å². The number of halogens is 1. The lowest BCUT2D eigenvalue weighted by Crippen LogP contribution is -2.68. The molecule has 0 radical (unpaired) electrons. The van der Waals surface area contributed by atoms with Crippen LogP contribution in [0.4, 0.5) is 5.69 Å². The van der Waals surface area contributed by atoms with Gasteiger partial charge in [0, 0.05) is 23.1 Å². The summed E-state index contributed by atoms with van der Waals surface area (Å²) in [6, 6.07) is 34.3. The van der Waals surface area contributed by atoms with Gasteiger partial charge in [0.15, 0.2) is 11.0 Å². The Morgan fingerprint density at radius 3 is 2.30 bits per heavy atom. The fourth-order valence-corrected chi connectivity index (χ4v) is 7.72. The molecule has 0 atom stereocenters. The number of nitrogens with zero attached hydrogens (tertiary/aromatic N) is 4. The molecule has 1 aliphatic heterocycles. The van der Waals surface area contributed by atoms with Crippen LogP contribution in [0.25, 0.3) is 43.6 Å². The van der Waals surface area contributed by atoms with Gasteiger partial charge in [0.05, 0.1) is 27.5 Å². The van der Waals surface area contributed by atoms with Gasteiger partial charge in [-0.15, -0.1) is 21.6 Å². The number of imidazole rings is 1. The minimum atomic E-state index is -4.94. The molecular formula is C36H31ClN4O4S2. The van der Waals surface area contributed by atoms with Crippen molar-refractivity contribution in [3.8, 4) is 16.3 Å². The molecule has 0 saturated carbocycles. The Labute approximate surface area is 283 Å². The number of benzene rings is 4. The van der Waals surface area contributed by atoms with Crippen LogP contribution in [0.1, 0.15) is 19.7 Å². The molecule has 0 saturated heterocycles. The maximum atomic E-state index is 8.49. The largest absolute Gasteiger partial charge is 0.335 e. The molecule has 0 N–H and O–H groups in total. The number of anilines is 1. The van der Waals surface area contributed by atoms with Gasteiger partial charge in [0.1, 0.15) is 10.7 Å². The number of para-hydroxylation sites is 3. The van der Waals surface area contributed by atoms with Crippen molar-refractivity contribution < 1.29 is 33.4 Å². The first kappa shape index (κ1) is 32.7. The molecule has 2 aromatic heterocycles. The van der Waals surface area contributed by atoms with Crippen molar-refractivity contribution in [2.75, 3.05) is 11.4 Å². The Kier molecular flexibility index (Phi) is 9.90. The van der Waals surface area contributed by atoms with Gasteiger partial charge < -0.3 is 4.90 Å². The molecular weight excluding hydrogens is 652 g/mol. The maximum absolute atomic E-state index is 8.49. The minimum absolute atomic E-state index is 0.855. The third kappa shape index (κ3) is 7.34. The summed E-state index contributed by atoms with van der Waals surface area (Å²) in [5.74, 6) is 1.13. The summed E-state index contributed by atoms with van der Waals surface area (Å²) in [5.41, 5.74) is 7.01. The number of fused-ring (bicyclic) bond motifs is 3. The number of aryl methyl sites for hydroxylation is 1. The Bertz CT molecular complexity index is 2080. The molecule has 6 aromatic rings. The van der Waals surface area contributed by atoms with Gasteiger partial charge in [-0.2, -0.15) is 4.57 Å². The molecule has 0 unspecified atom stereocenters. The summed E-state index contributed by atoms with van der Waals surface area (Å²) in [5, 5.41) is 2.31. The topological polar surface area (TPSA) is 117 Å². The van der Waals surface area contributed by atoms with Crippen molar-refractivity contribution in [1.82, 2.24) is 9.55 Å². The van der Waals surface area contributed by atoms with Crippen molar-refractivity contribution in [2.45, 2.75) is 25.3 Å². The monoisotopic (exact) mass is 682 g/mol. The molecule has 7 rings (SSSR count). The van der Waals surface area contributed by atoms with Gasteiger partial charge in [-0.25, -0.2) is 28.2 Å². The van der Waals surface area contributed by atoms with E-state index in [1.54, 1.807) is 11.3 Å². The summed E-state index contributed by atoms with van der Waals surface area (Å²) in [4.78, 5) is 8.62. The SMILES string of the molecule is CCN1\C(=C/C=C/C=C/c2n(-c3ccccc3)c3ccc(-c4nc5ccccc5s4)cc3[n+]2CC)Sc2ccccc21.[O-][Cl+3]([O-])([O-])[O-]. The second kappa shape index (κ2) is 14.2. The zero-order valence-corrected chi connectivity index (χ0v) is 28.0. The predicted octanol–water partition coefficient (Wildman–Crippen LogP) is 4.50. The van der Waals surface area contributed by atoms with Crippen molar-refractivity contribution in [3.05, 3.63) is 132 Å². The van der Waals surface area contributed by atoms with E-state index in [2.05, 4.69) is 155 Å². The van der Waals surface area contributed by atoms with E-state index >= 15 is 0 Å². The van der Waals surface area contributed by atoms with Crippen LogP contribution in [-0.4, -0.2) is 16.1 Å². The quantitative estimate of drug-likeness (QED) is 0.180. The summed E-state index contributed by atoms with van der Waals surface area (Å²) in [7, 11) is -4.94. The molecule has 8 nitrogen and oxygen atoms in total. The molecule has 0 spiro atoms. The van der Waals surface area contributed by atoms with Crippen LogP contribution in [0.5, 0.6) is 0 Å². The standard InChI is InChI=1S/C36H31N4S2.ClHO4/c1-3-38-31-25-26(36-37-28-17-11-13-19-32(28)42-36)23-24-29(31)40(27-15-7-5-8-16-27)34(38)21-9-6-10-22-35-39(4-2)30-18-12-14-20-33(30)41-35;2-1(3,4)5/h5-25H,3-4H2,1-2H3;(H,2,3,4,5)/q+1;/p-1. The molecule has 0 bridgehead atoms. The normalized spacial score (nSPS) is 14.1. The lowest BCUT2D eigenvalue weighted by Gasteiger charge is -2.17. The number of rotatable bonds is 7. The number of aromatic nitrogens is 3. The van der Waals surface area contributed by atoms with Crippen molar-refractivity contribution in [3.63, 3.8) is 0 Å². The van der Waals surface area contributed by atoms with E-state index in [0.717, 1.165) is 40.7 Å². The van der Waals surface area contributed by atoms with E-state index in [9.17, 15) is 0 Å². The number of allylic oxidation sites excluding steroid dienone is 4. The Hall–Kier alpha value is -4.26. The average Bonchev–Trinajstić information content (AvgIpc) is 3.75. The lowest BCUT2D eigenvalue weighted by atomic mass is 10.2. The highest BCUT2D eigenvalue weighted by Crippen LogP contribution is 2.45. The fraction of sp³-hybridized carbons (Fsp3) is 0.111. The first-order valence-electron chi connectivity index (χ1n) is 15.0. The second-order valence-electron chi connectivity index (χ2n) is 10.4. The van der Waals surface area contributed by atoms with Crippen LogP contribution in [0.2, 0.25) is 0 Å². The molecule has 0 amide bonds. The average molecular weight is 683 g/mol. The van der Waals surface area contributed by atoms with Gasteiger partial charge in [0.2, 0.25) is 0 Å². The van der Waals surface area contributed by atoms with Gasteiger partial charge in [0.25, 0.3) is 5.82 Å². The van der Waals surface area contributed by atoms with Crippen LogP contribution in [0.15, 0.2) is 131 Å². The fourth-order valence-electron chi connectivity index (χ4n) is 5.62. The Balaban J connectivity index is 0.000000720. The van der Waals surface area contributed by atoms with Crippen LogP contribution >= 0.6 is 23.1 Å². The molecule has 3 heterocycles. The highest BCUT2D eigenvalue weighted by molar-refractivity contribution is 8.03. The molecule has 238 valence electrons. The van der Waals surface area contributed by atoms with Crippen LogP contribution in [0.3, 0.4) is 0 Å². The Morgan fingerprint density at radius 2 is 1.55 bits per heavy atom. The number of hydrogen-bond donors (Lipinski definition) is 0. The van der Waals surface area contributed by atoms with E-state index < -0.39 is 10.2 Å². The lowest BCUT2D eigenvalue weighted by molar-refractivity contribution is -2.00.